The van der Waals surface area contributed by atoms with Crippen LogP contribution in [-0.2, 0) is 0 Å². The maximum Gasteiger partial charge on any atom is 0.124 e. The van der Waals surface area contributed by atoms with E-state index in [-0.39, 0.29) is 6.04 Å². The zero-order valence-corrected chi connectivity index (χ0v) is 13.0. The number of ether oxygens (including phenoxy) is 1. The summed E-state index contributed by atoms with van der Waals surface area (Å²) in [6.45, 7) is 4.15. The minimum absolute atomic E-state index is 0.0252. The third-order valence-corrected chi connectivity index (χ3v) is 3.56. The number of nitrogens with one attached hydrogen (secondary N) is 1. The Morgan fingerprint density at radius 3 is 2.55 bits per heavy atom. The van der Waals surface area contributed by atoms with Crippen molar-refractivity contribution < 1.29 is 4.74 Å². The van der Waals surface area contributed by atoms with Gasteiger partial charge < -0.3 is 10.1 Å². The first-order valence-electron chi connectivity index (χ1n) is 6.50. The van der Waals surface area contributed by atoms with Crippen molar-refractivity contribution in [3.05, 3.63) is 57.9 Å². The maximum atomic E-state index is 5.91. The maximum absolute atomic E-state index is 5.91. The van der Waals surface area contributed by atoms with E-state index in [4.69, 9.17) is 16.3 Å². The van der Waals surface area contributed by atoms with Crippen LogP contribution in [0.3, 0.4) is 0 Å². The van der Waals surface area contributed by atoms with Crippen molar-refractivity contribution in [1.82, 2.24) is 10.3 Å². The zero-order valence-electron chi connectivity index (χ0n) is 12.2. The fraction of sp³-hybridized carbons (Fsp3) is 0.312. The number of halogens is 1. The van der Waals surface area contributed by atoms with E-state index in [9.17, 15) is 0 Å². The van der Waals surface area contributed by atoms with Crippen LogP contribution in [0.1, 0.15) is 28.4 Å². The van der Waals surface area contributed by atoms with Crippen molar-refractivity contribution in [1.29, 1.82) is 0 Å². The van der Waals surface area contributed by atoms with Crippen LogP contribution in [0.5, 0.6) is 5.75 Å². The van der Waals surface area contributed by atoms with E-state index in [2.05, 4.69) is 30.2 Å². The van der Waals surface area contributed by atoms with Gasteiger partial charge >= 0.3 is 0 Å². The fourth-order valence-corrected chi connectivity index (χ4v) is 2.59. The first-order chi connectivity index (χ1) is 9.56. The predicted octanol–water partition coefficient (Wildman–Crippen LogP) is 3.67. The fourth-order valence-electron chi connectivity index (χ4n) is 2.48. The molecule has 106 valence electrons. The van der Waals surface area contributed by atoms with Crippen LogP contribution < -0.4 is 10.1 Å². The van der Waals surface area contributed by atoms with Gasteiger partial charge in [-0.05, 0) is 50.2 Å². The highest BCUT2D eigenvalue weighted by Crippen LogP contribution is 2.33. The van der Waals surface area contributed by atoms with Crippen molar-refractivity contribution >= 4 is 11.6 Å². The predicted molar refractivity (Wildman–Crippen MR) is 82.6 cm³/mol. The Kier molecular flexibility index (Phi) is 4.63. The van der Waals surface area contributed by atoms with Crippen molar-refractivity contribution in [2.45, 2.75) is 19.9 Å². The summed E-state index contributed by atoms with van der Waals surface area (Å²) in [6.07, 6.45) is 1.66. The molecule has 1 atom stereocenters. The molecule has 0 saturated carbocycles. The minimum atomic E-state index is -0.0252. The molecule has 4 heteroatoms. The summed E-state index contributed by atoms with van der Waals surface area (Å²) in [5, 5.41) is 3.94. The third-order valence-electron chi connectivity index (χ3n) is 3.34. The molecule has 1 heterocycles. The molecule has 20 heavy (non-hydrogen) atoms. The molecule has 1 unspecified atom stereocenters. The summed E-state index contributed by atoms with van der Waals surface area (Å²) >= 11 is 5.91. The molecule has 3 nitrogen and oxygen atoms in total. The highest BCUT2D eigenvalue weighted by Gasteiger charge is 2.20. The molecule has 0 aliphatic carbocycles. The molecule has 0 aliphatic rings. The van der Waals surface area contributed by atoms with Gasteiger partial charge in [0.25, 0.3) is 0 Å². The normalized spacial score (nSPS) is 12.2. The van der Waals surface area contributed by atoms with Gasteiger partial charge in [-0.25, -0.2) is 0 Å². The smallest absolute Gasteiger partial charge is 0.124 e. The lowest BCUT2D eigenvalue weighted by Gasteiger charge is -2.22. The number of rotatable bonds is 4. The van der Waals surface area contributed by atoms with Gasteiger partial charge in [0.05, 0.1) is 23.9 Å². The molecule has 0 spiro atoms. The molecule has 0 bridgehead atoms. The molecular formula is C16H19ClN2O. The second-order valence-corrected chi connectivity index (χ2v) is 5.26. The van der Waals surface area contributed by atoms with Crippen molar-refractivity contribution in [3.63, 3.8) is 0 Å². The van der Waals surface area contributed by atoms with Gasteiger partial charge in [-0.2, -0.15) is 0 Å². The lowest BCUT2D eigenvalue weighted by molar-refractivity contribution is 0.404. The Morgan fingerprint density at radius 1 is 1.25 bits per heavy atom. The van der Waals surface area contributed by atoms with E-state index >= 15 is 0 Å². The SMILES string of the molecule is CNC(c1ccc(Cl)cn1)c1c(C)cc(C)cc1OC. The number of methoxy groups -OCH3 is 1. The lowest BCUT2D eigenvalue weighted by Crippen LogP contribution is -2.20. The Balaban J connectivity index is 2.54. The van der Waals surface area contributed by atoms with Crippen LogP contribution in [0, 0.1) is 13.8 Å². The summed E-state index contributed by atoms with van der Waals surface area (Å²) in [5.41, 5.74) is 4.39. The Bertz CT molecular complexity index is 596. The highest BCUT2D eigenvalue weighted by atomic mass is 35.5. The standard InChI is InChI=1S/C16H19ClN2O/c1-10-7-11(2)15(14(8-10)20-4)16(18-3)13-6-5-12(17)9-19-13/h5-9,16,18H,1-4H3. The van der Waals surface area contributed by atoms with Gasteiger partial charge in [0.15, 0.2) is 0 Å². The minimum Gasteiger partial charge on any atom is -0.496 e. The molecule has 0 fully saturated rings. The third kappa shape index (κ3) is 2.94. The molecule has 1 aromatic carbocycles. The van der Waals surface area contributed by atoms with E-state index in [0.717, 1.165) is 17.0 Å². The van der Waals surface area contributed by atoms with E-state index in [0.29, 0.717) is 5.02 Å². The summed E-state index contributed by atoms with van der Waals surface area (Å²) in [5.74, 6) is 0.874. The van der Waals surface area contributed by atoms with Crippen LogP contribution in [0.15, 0.2) is 30.5 Å². The van der Waals surface area contributed by atoms with Crippen molar-refractivity contribution in [2.75, 3.05) is 14.2 Å². The highest BCUT2D eigenvalue weighted by molar-refractivity contribution is 6.30. The molecule has 0 amide bonds. The Hall–Kier alpha value is -1.58. The second-order valence-electron chi connectivity index (χ2n) is 4.82. The summed E-state index contributed by atoms with van der Waals surface area (Å²) in [6, 6.07) is 7.95. The number of hydrogen-bond donors (Lipinski definition) is 1. The summed E-state index contributed by atoms with van der Waals surface area (Å²) < 4.78 is 5.54. The molecular weight excluding hydrogens is 272 g/mol. The van der Waals surface area contributed by atoms with Crippen LogP contribution in [0.25, 0.3) is 0 Å². The zero-order chi connectivity index (χ0) is 14.7. The first kappa shape index (κ1) is 14.8. The molecule has 0 saturated heterocycles. The lowest BCUT2D eigenvalue weighted by atomic mass is 9.95. The van der Waals surface area contributed by atoms with E-state index in [1.165, 1.54) is 11.1 Å². The molecule has 0 aliphatic heterocycles. The largest absolute Gasteiger partial charge is 0.496 e. The monoisotopic (exact) mass is 290 g/mol. The van der Waals surface area contributed by atoms with Gasteiger partial charge in [0.1, 0.15) is 5.75 Å². The number of hydrogen-bond acceptors (Lipinski definition) is 3. The van der Waals surface area contributed by atoms with E-state index in [1.54, 1.807) is 13.3 Å². The van der Waals surface area contributed by atoms with Gasteiger partial charge in [0.2, 0.25) is 0 Å². The van der Waals surface area contributed by atoms with Crippen LogP contribution in [0.4, 0.5) is 0 Å². The van der Waals surface area contributed by atoms with Crippen molar-refractivity contribution in [3.8, 4) is 5.75 Å². The quantitative estimate of drug-likeness (QED) is 0.933. The van der Waals surface area contributed by atoms with Gasteiger partial charge in [-0.1, -0.05) is 17.7 Å². The van der Waals surface area contributed by atoms with Gasteiger partial charge in [-0.15, -0.1) is 0 Å². The topological polar surface area (TPSA) is 34.2 Å². The molecule has 0 radical (unpaired) electrons. The molecule has 1 aromatic heterocycles. The van der Waals surface area contributed by atoms with Gasteiger partial charge in [0, 0.05) is 11.8 Å². The number of pyridine rings is 1. The number of aryl methyl sites for hydroxylation is 2. The van der Waals surface area contributed by atoms with E-state index in [1.807, 2.05) is 25.2 Å². The average molecular weight is 291 g/mol. The summed E-state index contributed by atoms with van der Waals surface area (Å²) in [7, 11) is 3.61. The Labute approximate surface area is 124 Å². The van der Waals surface area contributed by atoms with Crippen molar-refractivity contribution in [2.24, 2.45) is 0 Å². The first-order valence-corrected chi connectivity index (χ1v) is 6.88. The van der Waals surface area contributed by atoms with Crippen LogP contribution in [0.2, 0.25) is 5.02 Å². The molecule has 2 rings (SSSR count). The Morgan fingerprint density at radius 2 is 2.00 bits per heavy atom. The second kappa shape index (κ2) is 6.25. The summed E-state index contributed by atoms with van der Waals surface area (Å²) in [4.78, 5) is 4.41. The molecule has 1 N–H and O–H groups in total. The number of aromatic nitrogens is 1. The molecule has 2 aromatic rings. The van der Waals surface area contributed by atoms with Gasteiger partial charge in [-0.3, -0.25) is 4.98 Å². The van der Waals surface area contributed by atoms with Crippen LogP contribution >= 0.6 is 11.6 Å². The van der Waals surface area contributed by atoms with E-state index < -0.39 is 0 Å². The van der Waals surface area contributed by atoms with Crippen LogP contribution in [-0.4, -0.2) is 19.1 Å². The average Bonchev–Trinajstić information content (AvgIpc) is 2.43. The number of nitrogens with zero attached hydrogens (tertiary/aromatic N) is 1. The number of benzene rings is 1.